The average molecular weight is 491 g/mol. The van der Waals surface area contributed by atoms with Crippen molar-refractivity contribution in [3.05, 3.63) is 89.2 Å². The van der Waals surface area contributed by atoms with E-state index in [1.165, 1.54) is 30.3 Å². The normalized spacial score (nSPS) is 13.8. The van der Waals surface area contributed by atoms with Crippen LogP contribution in [0.2, 0.25) is 0 Å². The van der Waals surface area contributed by atoms with Crippen LogP contribution >= 0.6 is 0 Å². The molecule has 0 saturated carbocycles. The summed E-state index contributed by atoms with van der Waals surface area (Å²) in [7, 11) is 0. The van der Waals surface area contributed by atoms with E-state index in [-0.39, 0.29) is 29.3 Å². The molecule has 9 heteroatoms. The first-order valence-electron chi connectivity index (χ1n) is 11.6. The number of piperazine rings is 1. The minimum Gasteiger partial charge on any atom is -0.478 e. The van der Waals surface area contributed by atoms with Crippen molar-refractivity contribution >= 4 is 34.8 Å². The van der Waals surface area contributed by atoms with Gasteiger partial charge in [-0.05, 0) is 67.1 Å². The Hall–Kier alpha value is -4.24. The van der Waals surface area contributed by atoms with Gasteiger partial charge >= 0.3 is 5.97 Å². The van der Waals surface area contributed by atoms with E-state index in [1.54, 1.807) is 12.1 Å². The molecule has 0 unspecified atom stereocenters. The van der Waals surface area contributed by atoms with Crippen molar-refractivity contribution in [2.45, 2.75) is 6.92 Å². The molecule has 2 amide bonds. The summed E-state index contributed by atoms with van der Waals surface area (Å²) < 4.78 is 13.1. The van der Waals surface area contributed by atoms with E-state index in [2.05, 4.69) is 15.5 Å². The topological polar surface area (TPSA) is 102 Å². The third-order valence-electron chi connectivity index (χ3n) is 5.99. The van der Waals surface area contributed by atoms with Gasteiger partial charge in [-0.25, -0.2) is 9.18 Å². The van der Waals surface area contributed by atoms with Crippen LogP contribution in [-0.2, 0) is 4.79 Å². The molecule has 3 aromatic carbocycles. The van der Waals surface area contributed by atoms with E-state index >= 15 is 0 Å². The lowest BCUT2D eigenvalue weighted by Crippen LogP contribution is -2.48. The molecule has 1 aliphatic heterocycles. The predicted molar refractivity (Wildman–Crippen MR) is 136 cm³/mol. The van der Waals surface area contributed by atoms with Crippen LogP contribution < -0.4 is 15.5 Å². The summed E-state index contributed by atoms with van der Waals surface area (Å²) in [6, 6.07) is 17.5. The number of carboxylic acid groups (broad SMARTS) is 1. The zero-order chi connectivity index (χ0) is 25.7. The molecule has 8 nitrogen and oxygen atoms in total. The van der Waals surface area contributed by atoms with Crippen molar-refractivity contribution in [3.63, 3.8) is 0 Å². The molecule has 0 radical (unpaired) electrons. The Bertz CT molecular complexity index is 1270. The first kappa shape index (κ1) is 24.9. The van der Waals surface area contributed by atoms with Crippen molar-refractivity contribution in [1.82, 2.24) is 4.90 Å². The third-order valence-corrected chi connectivity index (χ3v) is 5.99. The molecule has 3 N–H and O–H groups in total. The average Bonchev–Trinajstić information content (AvgIpc) is 2.85. The lowest BCUT2D eigenvalue weighted by Gasteiger charge is -2.36. The summed E-state index contributed by atoms with van der Waals surface area (Å²) in [4.78, 5) is 40.9. The molecule has 186 valence electrons. The summed E-state index contributed by atoms with van der Waals surface area (Å²) >= 11 is 0. The van der Waals surface area contributed by atoms with Gasteiger partial charge in [-0.15, -0.1) is 0 Å². The molecule has 4 rings (SSSR count). The zero-order valence-corrected chi connectivity index (χ0v) is 19.8. The highest BCUT2D eigenvalue weighted by Crippen LogP contribution is 2.25. The Morgan fingerprint density at radius 1 is 0.917 bits per heavy atom. The Balaban J connectivity index is 1.36. The summed E-state index contributed by atoms with van der Waals surface area (Å²) in [5.74, 6) is -2.24. The standard InChI is InChI=1S/C27H27FN4O4/c1-18-3-2-4-21(15-18)29-25(33)17-31-11-13-32(14-12-31)22-9-10-24(23(16-22)27(35)36)30-26(34)19-5-7-20(28)8-6-19/h2-10,15-16H,11-14,17H2,1H3,(H,29,33)(H,30,34)(H,35,36). The molecular weight excluding hydrogens is 463 g/mol. The highest BCUT2D eigenvalue weighted by Gasteiger charge is 2.22. The number of nitrogens with zero attached hydrogens (tertiary/aromatic N) is 2. The molecule has 0 atom stereocenters. The van der Waals surface area contributed by atoms with Crippen LogP contribution in [0.5, 0.6) is 0 Å². The van der Waals surface area contributed by atoms with Gasteiger partial charge in [-0.1, -0.05) is 12.1 Å². The third kappa shape index (κ3) is 6.25. The number of benzene rings is 3. The molecule has 0 aliphatic carbocycles. The molecule has 0 spiro atoms. The van der Waals surface area contributed by atoms with Crippen molar-refractivity contribution in [3.8, 4) is 0 Å². The molecule has 1 aliphatic rings. The van der Waals surface area contributed by atoms with Gasteiger partial charge in [0, 0.05) is 43.1 Å². The molecular formula is C27H27FN4O4. The fourth-order valence-electron chi connectivity index (χ4n) is 4.10. The molecule has 1 saturated heterocycles. The van der Waals surface area contributed by atoms with Gasteiger partial charge in [0.1, 0.15) is 5.82 Å². The van der Waals surface area contributed by atoms with Crippen LogP contribution in [0.15, 0.2) is 66.7 Å². The summed E-state index contributed by atoms with van der Waals surface area (Å²) in [6.45, 7) is 4.78. The van der Waals surface area contributed by atoms with E-state index in [4.69, 9.17) is 0 Å². The largest absolute Gasteiger partial charge is 0.478 e. The highest BCUT2D eigenvalue weighted by molar-refractivity contribution is 6.08. The lowest BCUT2D eigenvalue weighted by atomic mass is 10.1. The number of rotatable bonds is 7. The molecule has 3 aromatic rings. The number of aromatic carboxylic acids is 1. The van der Waals surface area contributed by atoms with Crippen LogP contribution in [0.1, 0.15) is 26.3 Å². The number of carboxylic acids is 1. The second-order valence-electron chi connectivity index (χ2n) is 8.68. The summed E-state index contributed by atoms with van der Waals surface area (Å²) in [5.41, 5.74) is 2.90. The minimum atomic E-state index is -1.17. The van der Waals surface area contributed by atoms with Crippen molar-refractivity contribution in [2.75, 3.05) is 48.3 Å². The fourth-order valence-corrected chi connectivity index (χ4v) is 4.10. The SMILES string of the molecule is Cc1cccc(NC(=O)CN2CCN(c3ccc(NC(=O)c4ccc(F)cc4)c(C(=O)O)c3)CC2)c1. The Morgan fingerprint density at radius 3 is 2.31 bits per heavy atom. The van der Waals surface area contributed by atoms with E-state index < -0.39 is 17.7 Å². The van der Waals surface area contributed by atoms with Gasteiger partial charge in [0.05, 0.1) is 17.8 Å². The number of hydrogen-bond donors (Lipinski definition) is 3. The van der Waals surface area contributed by atoms with Crippen LogP contribution in [0, 0.1) is 12.7 Å². The monoisotopic (exact) mass is 490 g/mol. The summed E-state index contributed by atoms with van der Waals surface area (Å²) in [6.07, 6.45) is 0. The maximum absolute atomic E-state index is 13.1. The second kappa shape index (κ2) is 11.0. The van der Waals surface area contributed by atoms with Crippen molar-refractivity contribution in [2.24, 2.45) is 0 Å². The van der Waals surface area contributed by atoms with Crippen molar-refractivity contribution < 1.29 is 23.9 Å². The smallest absolute Gasteiger partial charge is 0.337 e. The number of hydrogen-bond acceptors (Lipinski definition) is 5. The minimum absolute atomic E-state index is 0.0390. The first-order valence-corrected chi connectivity index (χ1v) is 11.6. The van der Waals surface area contributed by atoms with E-state index in [9.17, 15) is 23.9 Å². The Labute approximate surface area is 208 Å². The Kier molecular flexibility index (Phi) is 7.60. The molecule has 36 heavy (non-hydrogen) atoms. The van der Waals surface area contributed by atoms with Crippen LogP contribution in [-0.4, -0.2) is 60.5 Å². The maximum Gasteiger partial charge on any atom is 0.337 e. The quantitative estimate of drug-likeness (QED) is 0.465. The first-order chi connectivity index (χ1) is 17.3. The number of nitrogens with one attached hydrogen (secondary N) is 2. The lowest BCUT2D eigenvalue weighted by molar-refractivity contribution is -0.117. The number of halogens is 1. The summed E-state index contributed by atoms with van der Waals surface area (Å²) in [5, 5.41) is 15.2. The van der Waals surface area contributed by atoms with Gasteiger partial charge in [-0.3, -0.25) is 14.5 Å². The zero-order valence-electron chi connectivity index (χ0n) is 19.8. The molecule has 0 bridgehead atoms. The van der Waals surface area contributed by atoms with Crippen LogP contribution in [0.25, 0.3) is 0 Å². The molecule has 1 heterocycles. The molecule has 0 aromatic heterocycles. The number of anilines is 3. The van der Waals surface area contributed by atoms with Crippen molar-refractivity contribution in [1.29, 1.82) is 0 Å². The van der Waals surface area contributed by atoms with Gasteiger partial charge in [0.25, 0.3) is 5.91 Å². The number of carbonyl (C=O) groups is 3. The van der Waals surface area contributed by atoms with Gasteiger partial charge in [0.15, 0.2) is 0 Å². The van der Waals surface area contributed by atoms with Gasteiger partial charge < -0.3 is 20.6 Å². The molecule has 1 fully saturated rings. The maximum atomic E-state index is 13.1. The fraction of sp³-hybridized carbons (Fsp3) is 0.222. The Morgan fingerprint density at radius 2 is 1.64 bits per heavy atom. The van der Waals surface area contributed by atoms with E-state index in [0.29, 0.717) is 26.2 Å². The predicted octanol–water partition coefficient (Wildman–Crippen LogP) is 3.85. The van der Waals surface area contributed by atoms with Crippen LogP contribution in [0.3, 0.4) is 0 Å². The number of carbonyl (C=O) groups excluding carboxylic acids is 2. The van der Waals surface area contributed by atoms with Gasteiger partial charge in [-0.2, -0.15) is 0 Å². The van der Waals surface area contributed by atoms with Gasteiger partial charge in [0.2, 0.25) is 5.91 Å². The second-order valence-corrected chi connectivity index (χ2v) is 8.68. The number of aryl methyl sites for hydroxylation is 1. The van der Waals surface area contributed by atoms with Crippen LogP contribution in [0.4, 0.5) is 21.5 Å². The van der Waals surface area contributed by atoms with E-state index in [1.807, 2.05) is 36.1 Å². The van der Waals surface area contributed by atoms with E-state index in [0.717, 1.165) is 16.9 Å². The number of amides is 2. The highest BCUT2D eigenvalue weighted by atomic mass is 19.1.